The Labute approximate surface area is 196 Å². The van der Waals surface area contributed by atoms with Crippen LogP contribution >= 0.6 is 6.72 Å². The number of hydrogen-bond acceptors (Lipinski definition) is 11. The maximum Gasteiger partial charge on any atom is 0.327 e. The highest BCUT2D eigenvalue weighted by Crippen LogP contribution is 2.57. The SMILES string of the molecule is Nc1ncnc2c1ncn2[C@@H]1O[C@H](COP2(=S)OCCC(c3cc(F)ccc3F)O2)[C@H](O)[C@@H]1O. The first-order valence-electron chi connectivity index (χ1n) is 10.2. The first-order valence-corrected chi connectivity index (χ1v) is 12.8. The van der Waals surface area contributed by atoms with Gasteiger partial charge in [-0.15, -0.1) is 0 Å². The lowest BCUT2D eigenvalue weighted by Gasteiger charge is -2.32. The molecule has 2 unspecified atom stereocenters. The molecule has 11 nitrogen and oxygen atoms in total. The molecule has 1 aromatic carbocycles. The number of nitrogens with zero attached hydrogens (tertiary/aromatic N) is 4. The lowest BCUT2D eigenvalue weighted by atomic mass is 10.1. The Bertz CT molecular complexity index is 1270. The van der Waals surface area contributed by atoms with Crippen LogP contribution in [0.3, 0.4) is 0 Å². The first kappa shape index (κ1) is 23.6. The molecule has 0 bridgehead atoms. The van der Waals surface area contributed by atoms with Crippen LogP contribution in [0.5, 0.6) is 0 Å². The fraction of sp³-hybridized carbons (Fsp3) is 0.421. The summed E-state index contributed by atoms with van der Waals surface area (Å²) in [5, 5.41) is 21.1. The highest BCUT2D eigenvalue weighted by atomic mass is 32.5. The van der Waals surface area contributed by atoms with E-state index in [9.17, 15) is 19.0 Å². The van der Waals surface area contributed by atoms with Gasteiger partial charge in [0.15, 0.2) is 17.7 Å². The van der Waals surface area contributed by atoms with E-state index in [-0.39, 0.29) is 31.0 Å². The summed E-state index contributed by atoms with van der Waals surface area (Å²) in [6.45, 7) is -3.55. The molecule has 2 aliphatic rings. The van der Waals surface area contributed by atoms with Crippen molar-refractivity contribution < 1.29 is 37.3 Å². The normalized spacial score (nSPS) is 31.8. The van der Waals surface area contributed by atoms with Crippen molar-refractivity contribution in [1.82, 2.24) is 19.5 Å². The average molecular weight is 515 g/mol. The number of ether oxygens (including phenoxy) is 1. The number of benzene rings is 1. The van der Waals surface area contributed by atoms with E-state index in [1.807, 2.05) is 0 Å². The Hall–Kier alpha value is -2.16. The third-order valence-corrected chi connectivity index (χ3v) is 7.95. The van der Waals surface area contributed by atoms with Gasteiger partial charge in [-0.1, -0.05) is 0 Å². The predicted octanol–water partition coefficient (Wildman–Crippen LogP) is 1.73. The molecule has 15 heteroatoms. The van der Waals surface area contributed by atoms with E-state index in [4.69, 9.17) is 35.8 Å². The molecule has 182 valence electrons. The van der Waals surface area contributed by atoms with E-state index in [1.54, 1.807) is 0 Å². The third-order valence-electron chi connectivity index (χ3n) is 5.59. The van der Waals surface area contributed by atoms with Crippen molar-refractivity contribution in [2.75, 3.05) is 18.9 Å². The number of halogens is 2. The van der Waals surface area contributed by atoms with Crippen molar-refractivity contribution in [2.24, 2.45) is 0 Å². The molecule has 3 aromatic rings. The van der Waals surface area contributed by atoms with Crippen LogP contribution < -0.4 is 5.73 Å². The van der Waals surface area contributed by atoms with E-state index >= 15 is 0 Å². The molecule has 2 saturated heterocycles. The highest BCUT2D eigenvalue weighted by Gasteiger charge is 2.45. The van der Waals surface area contributed by atoms with Crippen molar-refractivity contribution in [3.05, 3.63) is 48.1 Å². The van der Waals surface area contributed by atoms with Crippen LogP contribution in [0.2, 0.25) is 0 Å². The van der Waals surface area contributed by atoms with Gasteiger partial charge in [0.2, 0.25) is 0 Å². The molecule has 4 heterocycles. The van der Waals surface area contributed by atoms with E-state index in [0.717, 1.165) is 18.2 Å². The second kappa shape index (κ2) is 9.13. The number of hydrogen-bond donors (Lipinski definition) is 3. The molecule has 0 spiro atoms. The molecular formula is C19H20F2N5O6PS. The molecule has 2 aliphatic heterocycles. The largest absolute Gasteiger partial charge is 0.387 e. The monoisotopic (exact) mass is 515 g/mol. The number of nitrogens with two attached hydrogens (primary N) is 1. The number of imidazole rings is 1. The Morgan fingerprint density at radius 1 is 1.24 bits per heavy atom. The Morgan fingerprint density at radius 2 is 2.06 bits per heavy atom. The van der Waals surface area contributed by atoms with Gasteiger partial charge < -0.3 is 34.3 Å². The lowest BCUT2D eigenvalue weighted by Crippen LogP contribution is -2.34. The molecule has 0 saturated carbocycles. The van der Waals surface area contributed by atoms with Crippen molar-refractivity contribution in [3.63, 3.8) is 0 Å². The summed E-state index contributed by atoms with van der Waals surface area (Å²) in [6, 6.07) is 3.06. The van der Waals surface area contributed by atoms with Crippen molar-refractivity contribution in [1.29, 1.82) is 0 Å². The molecule has 2 aromatic heterocycles. The first-order chi connectivity index (χ1) is 16.3. The van der Waals surface area contributed by atoms with E-state index in [2.05, 4.69) is 15.0 Å². The van der Waals surface area contributed by atoms with Gasteiger partial charge in [0.25, 0.3) is 0 Å². The lowest BCUT2D eigenvalue weighted by molar-refractivity contribution is -0.0533. The quantitative estimate of drug-likeness (QED) is 0.427. The number of nitrogen functional groups attached to an aromatic ring is 1. The maximum atomic E-state index is 14.2. The van der Waals surface area contributed by atoms with Gasteiger partial charge in [0.05, 0.1) is 25.6 Å². The maximum absolute atomic E-state index is 14.2. The van der Waals surface area contributed by atoms with Crippen LogP contribution in [-0.4, -0.2) is 61.3 Å². The molecule has 0 amide bonds. The number of aromatic nitrogens is 4. The number of rotatable bonds is 5. The van der Waals surface area contributed by atoms with Crippen LogP contribution in [0.1, 0.15) is 24.3 Å². The second-order valence-electron chi connectivity index (χ2n) is 7.75. The molecule has 5 rings (SSSR count). The van der Waals surface area contributed by atoms with E-state index in [0.29, 0.717) is 11.2 Å². The van der Waals surface area contributed by atoms with Crippen LogP contribution in [-0.2, 0) is 30.1 Å². The minimum absolute atomic E-state index is 0.0158. The molecule has 4 N–H and O–H groups in total. The van der Waals surface area contributed by atoms with Crippen molar-refractivity contribution in [2.45, 2.75) is 37.1 Å². The van der Waals surface area contributed by atoms with Crippen molar-refractivity contribution in [3.8, 4) is 0 Å². The minimum atomic E-state index is -3.38. The Kier molecular flexibility index (Phi) is 6.33. The van der Waals surface area contributed by atoms with E-state index < -0.39 is 49.0 Å². The molecular weight excluding hydrogens is 495 g/mol. The number of aliphatic hydroxyl groups excluding tert-OH is 2. The van der Waals surface area contributed by atoms with E-state index in [1.165, 1.54) is 17.2 Å². The number of anilines is 1. The fourth-order valence-corrected chi connectivity index (χ4v) is 5.97. The summed E-state index contributed by atoms with van der Waals surface area (Å²) in [5.74, 6) is -1.08. The molecule has 34 heavy (non-hydrogen) atoms. The molecule has 0 aliphatic carbocycles. The third kappa shape index (κ3) is 4.32. The predicted molar refractivity (Wildman–Crippen MR) is 117 cm³/mol. The zero-order chi connectivity index (χ0) is 24.0. The van der Waals surface area contributed by atoms with Gasteiger partial charge in [-0.3, -0.25) is 4.57 Å². The minimum Gasteiger partial charge on any atom is -0.387 e. The van der Waals surface area contributed by atoms with Gasteiger partial charge in [-0.2, -0.15) is 0 Å². The van der Waals surface area contributed by atoms with Crippen LogP contribution in [0.4, 0.5) is 14.6 Å². The number of fused-ring (bicyclic) bond motifs is 1. The average Bonchev–Trinajstić information content (AvgIpc) is 3.36. The smallest absolute Gasteiger partial charge is 0.327 e. The fourth-order valence-electron chi connectivity index (χ4n) is 3.87. The molecule has 2 fully saturated rings. The second-order valence-corrected chi connectivity index (χ2v) is 10.7. The Morgan fingerprint density at radius 3 is 2.88 bits per heavy atom. The Balaban J connectivity index is 1.28. The molecule has 6 atom stereocenters. The molecule has 0 radical (unpaired) electrons. The summed E-state index contributed by atoms with van der Waals surface area (Å²) >= 11 is 5.38. The van der Waals surface area contributed by atoms with Gasteiger partial charge in [-0.05, 0) is 30.0 Å². The highest BCUT2D eigenvalue weighted by molar-refractivity contribution is 8.07. The van der Waals surface area contributed by atoms with Gasteiger partial charge in [0, 0.05) is 12.0 Å². The van der Waals surface area contributed by atoms with Gasteiger partial charge in [-0.25, -0.2) is 23.7 Å². The number of aliphatic hydroxyl groups is 2. The van der Waals surface area contributed by atoms with Crippen molar-refractivity contribution >= 4 is 35.5 Å². The standard InChI is InChI=1S/C19H20F2N5O6PS/c20-9-1-2-11(21)10(5-9)12-3-4-29-33(34,32-12)30-6-13-15(27)16(28)19(31-13)26-8-25-14-17(22)23-7-24-18(14)26/h1-2,5,7-8,12-13,15-16,19,27-28H,3-4,6H2,(H2,22,23,24)/t12?,13-,15+,16+,19-,33?/m1/s1. The summed E-state index contributed by atoms with van der Waals surface area (Å²) in [5.41, 5.74) is 6.45. The topological polar surface area (TPSA) is 147 Å². The van der Waals surface area contributed by atoms with Crippen LogP contribution in [0.15, 0.2) is 30.9 Å². The zero-order valence-corrected chi connectivity index (χ0v) is 19.1. The van der Waals surface area contributed by atoms with Gasteiger partial charge in [0.1, 0.15) is 41.8 Å². The zero-order valence-electron chi connectivity index (χ0n) is 17.4. The van der Waals surface area contributed by atoms with Crippen LogP contribution in [0, 0.1) is 11.6 Å². The summed E-state index contributed by atoms with van der Waals surface area (Å²) in [7, 11) is 0. The van der Waals surface area contributed by atoms with Crippen LogP contribution in [0.25, 0.3) is 11.2 Å². The summed E-state index contributed by atoms with van der Waals surface area (Å²) in [6.07, 6.45) is -2.72. The summed E-state index contributed by atoms with van der Waals surface area (Å²) < 4.78 is 51.9. The summed E-state index contributed by atoms with van der Waals surface area (Å²) in [4.78, 5) is 12.1. The van der Waals surface area contributed by atoms with Gasteiger partial charge >= 0.3 is 6.72 Å².